The van der Waals surface area contributed by atoms with Gasteiger partial charge in [0.25, 0.3) is 0 Å². The van der Waals surface area contributed by atoms with Crippen molar-refractivity contribution in [3.8, 4) is 45.3 Å². The van der Waals surface area contributed by atoms with Crippen LogP contribution in [0.2, 0.25) is 0 Å². The summed E-state index contributed by atoms with van der Waals surface area (Å²) in [6, 6.07) is 55.7. The number of fused-ring (bicyclic) bond motifs is 11. The van der Waals surface area contributed by atoms with E-state index in [1.54, 1.807) is 0 Å². The minimum absolute atomic E-state index is 0.558. The summed E-state index contributed by atoms with van der Waals surface area (Å²) in [4.78, 5) is 15.5. The molecule has 55 heavy (non-hydrogen) atoms. The average molecular weight is 706 g/mol. The summed E-state index contributed by atoms with van der Waals surface area (Å²) in [6.07, 6.45) is 0. The van der Waals surface area contributed by atoms with Crippen molar-refractivity contribution in [2.75, 3.05) is 0 Å². The van der Waals surface area contributed by atoms with Crippen molar-refractivity contribution in [3.63, 3.8) is 0 Å². The third kappa shape index (κ3) is 4.52. The highest BCUT2D eigenvalue weighted by Gasteiger charge is 2.22. The molecule has 0 bridgehead atoms. The molecule has 0 saturated heterocycles. The maximum absolute atomic E-state index is 6.76. The second kappa shape index (κ2) is 11.5. The lowest BCUT2D eigenvalue weighted by Gasteiger charge is -2.11. The van der Waals surface area contributed by atoms with Crippen LogP contribution < -0.4 is 0 Å². The molecule has 0 atom stereocenters. The van der Waals surface area contributed by atoms with Gasteiger partial charge in [-0.15, -0.1) is 0 Å². The quantitative estimate of drug-likeness (QED) is 0.181. The van der Waals surface area contributed by atoms with Gasteiger partial charge in [-0.3, -0.25) is 0 Å². The zero-order valence-corrected chi connectivity index (χ0v) is 29.2. The Balaban J connectivity index is 1.14. The molecule has 0 radical (unpaired) electrons. The van der Waals surface area contributed by atoms with Gasteiger partial charge in [0, 0.05) is 54.4 Å². The van der Waals surface area contributed by atoms with Gasteiger partial charge in [-0.25, -0.2) is 15.0 Å². The first-order valence-electron chi connectivity index (χ1n) is 18.3. The van der Waals surface area contributed by atoms with Gasteiger partial charge in [-0.2, -0.15) is 0 Å². The molecule has 12 rings (SSSR count). The van der Waals surface area contributed by atoms with Crippen LogP contribution in [0.1, 0.15) is 0 Å². The average Bonchev–Trinajstić information content (AvgIpc) is 3.95. The Morgan fingerprint density at radius 3 is 1.60 bits per heavy atom. The number of hydrogen-bond acceptors (Lipinski definition) is 6. The summed E-state index contributed by atoms with van der Waals surface area (Å²) < 4.78 is 19.2. The largest absolute Gasteiger partial charge is 0.456 e. The standard InChI is InChI=1S/C49H27N3O3/c1-2-12-28(13-3-1)47-50-48(34-18-10-22-42-44(34)33-17-7-9-21-40(33)54-42)52-49(51-47)35-19-11-23-43-45(35)38-27-36(30-14-4-5-16-32(30)46(38)55-43)29-24-25-41-37(26-29)31-15-6-8-20-39(31)53-41/h1-27H. The predicted octanol–water partition coefficient (Wildman–Crippen LogP) is 13.4. The minimum atomic E-state index is 0.558. The molecule has 0 fully saturated rings. The van der Waals surface area contributed by atoms with Gasteiger partial charge in [-0.1, -0.05) is 121 Å². The lowest BCUT2D eigenvalue weighted by molar-refractivity contribution is 0.668. The van der Waals surface area contributed by atoms with Crippen LogP contribution in [0.4, 0.5) is 0 Å². The van der Waals surface area contributed by atoms with Crippen LogP contribution in [-0.4, -0.2) is 15.0 Å². The fourth-order valence-electron chi connectivity index (χ4n) is 8.26. The van der Waals surface area contributed by atoms with Gasteiger partial charge in [0.2, 0.25) is 0 Å². The monoisotopic (exact) mass is 705 g/mol. The zero-order valence-electron chi connectivity index (χ0n) is 29.2. The predicted molar refractivity (Wildman–Crippen MR) is 221 cm³/mol. The zero-order chi connectivity index (χ0) is 36.0. The molecular formula is C49H27N3O3. The van der Waals surface area contributed by atoms with E-state index in [2.05, 4.69) is 78.9 Å². The highest BCUT2D eigenvalue weighted by molar-refractivity contribution is 6.22. The highest BCUT2D eigenvalue weighted by atomic mass is 16.3. The smallest absolute Gasteiger partial charge is 0.164 e. The maximum Gasteiger partial charge on any atom is 0.164 e. The van der Waals surface area contributed by atoms with Crippen molar-refractivity contribution in [3.05, 3.63) is 164 Å². The molecule has 0 amide bonds. The van der Waals surface area contributed by atoms with Gasteiger partial charge in [0.15, 0.2) is 17.5 Å². The summed E-state index contributed by atoms with van der Waals surface area (Å²) in [5, 5.41) is 8.25. The number of furan rings is 3. The molecule has 0 saturated carbocycles. The van der Waals surface area contributed by atoms with Gasteiger partial charge in [0.05, 0.1) is 0 Å². The Morgan fingerprint density at radius 2 is 0.836 bits per heavy atom. The Morgan fingerprint density at radius 1 is 0.291 bits per heavy atom. The van der Waals surface area contributed by atoms with E-state index in [4.69, 9.17) is 28.2 Å². The van der Waals surface area contributed by atoms with E-state index >= 15 is 0 Å². The van der Waals surface area contributed by atoms with Crippen molar-refractivity contribution >= 4 is 76.6 Å². The number of hydrogen-bond donors (Lipinski definition) is 0. The molecule has 4 heterocycles. The molecule has 6 nitrogen and oxygen atoms in total. The van der Waals surface area contributed by atoms with Crippen LogP contribution in [-0.2, 0) is 0 Å². The third-order valence-corrected chi connectivity index (χ3v) is 10.7. The Labute approximate surface area is 312 Å². The van der Waals surface area contributed by atoms with Crippen molar-refractivity contribution < 1.29 is 13.3 Å². The molecular weight excluding hydrogens is 679 g/mol. The summed E-state index contributed by atoms with van der Waals surface area (Å²) in [5.41, 5.74) is 9.77. The van der Waals surface area contributed by atoms with Crippen molar-refractivity contribution in [1.82, 2.24) is 15.0 Å². The van der Waals surface area contributed by atoms with Crippen LogP contribution in [0, 0.1) is 0 Å². The van der Waals surface area contributed by atoms with Gasteiger partial charge >= 0.3 is 0 Å². The van der Waals surface area contributed by atoms with Crippen LogP contribution in [0.5, 0.6) is 0 Å². The van der Waals surface area contributed by atoms with Crippen LogP contribution in [0.3, 0.4) is 0 Å². The summed E-state index contributed by atoms with van der Waals surface area (Å²) >= 11 is 0. The number of para-hydroxylation sites is 2. The first kappa shape index (κ1) is 29.9. The first-order chi connectivity index (χ1) is 27.2. The third-order valence-electron chi connectivity index (χ3n) is 10.7. The fraction of sp³-hybridized carbons (Fsp3) is 0. The Kier molecular flexibility index (Phi) is 6.24. The van der Waals surface area contributed by atoms with Crippen molar-refractivity contribution in [2.45, 2.75) is 0 Å². The van der Waals surface area contributed by atoms with E-state index in [0.29, 0.717) is 17.5 Å². The van der Waals surface area contributed by atoms with Crippen LogP contribution in [0.25, 0.3) is 122 Å². The van der Waals surface area contributed by atoms with E-state index in [-0.39, 0.29) is 0 Å². The van der Waals surface area contributed by atoms with E-state index in [9.17, 15) is 0 Å². The van der Waals surface area contributed by atoms with Gasteiger partial charge in [-0.05, 0) is 59.0 Å². The molecule has 0 aliphatic carbocycles. The molecule has 0 spiro atoms. The molecule has 0 aliphatic heterocycles. The van der Waals surface area contributed by atoms with E-state index in [0.717, 1.165) is 104 Å². The maximum atomic E-state index is 6.76. The van der Waals surface area contributed by atoms with E-state index in [1.807, 2.05) is 84.9 Å². The summed E-state index contributed by atoms with van der Waals surface area (Å²) in [5.74, 6) is 1.71. The lowest BCUT2D eigenvalue weighted by atomic mass is 9.93. The SMILES string of the molecule is c1ccc(-c2nc(-c3cccc4oc5ccccc5c34)nc(-c3cccc4oc5c6ccccc6c(-c6ccc7oc8ccccc8c7c6)cc5c34)n2)cc1. The topological polar surface area (TPSA) is 78.1 Å². The minimum Gasteiger partial charge on any atom is -0.456 e. The normalized spacial score (nSPS) is 12.0. The molecule has 256 valence electrons. The Hall–Kier alpha value is -7.57. The van der Waals surface area contributed by atoms with Crippen molar-refractivity contribution in [2.24, 2.45) is 0 Å². The Bertz CT molecular complexity index is 3500. The summed E-state index contributed by atoms with van der Waals surface area (Å²) in [6.45, 7) is 0. The fourth-order valence-corrected chi connectivity index (χ4v) is 8.26. The second-order valence-electron chi connectivity index (χ2n) is 13.9. The van der Waals surface area contributed by atoms with Crippen molar-refractivity contribution in [1.29, 1.82) is 0 Å². The molecule has 6 heteroatoms. The molecule has 0 unspecified atom stereocenters. The van der Waals surface area contributed by atoms with Crippen LogP contribution in [0.15, 0.2) is 177 Å². The molecule has 0 N–H and O–H groups in total. The lowest BCUT2D eigenvalue weighted by Crippen LogP contribution is -2.00. The van der Waals surface area contributed by atoms with Gasteiger partial charge < -0.3 is 13.3 Å². The number of nitrogens with zero attached hydrogens (tertiary/aromatic N) is 3. The van der Waals surface area contributed by atoms with E-state index in [1.165, 1.54) is 0 Å². The van der Waals surface area contributed by atoms with Gasteiger partial charge in [0.1, 0.15) is 33.5 Å². The molecule has 4 aromatic heterocycles. The first-order valence-corrected chi connectivity index (χ1v) is 18.3. The highest BCUT2D eigenvalue weighted by Crippen LogP contribution is 2.44. The summed E-state index contributed by atoms with van der Waals surface area (Å²) in [7, 11) is 0. The number of aromatic nitrogens is 3. The second-order valence-corrected chi connectivity index (χ2v) is 13.9. The molecule has 0 aliphatic rings. The molecule has 8 aromatic carbocycles. The number of rotatable bonds is 4. The number of benzene rings is 8. The molecule has 12 aromatic rings. The van der Waals surface area contributed by atoms with Crippen LogP contribution >= 0.6 is 0 Å². The van der Waals surface area contributed by atoms with E-state index < -0.39 is 0 Å².